The molecule has 1 unspecified atom stereocenters. The molecule has 0 aromatic carbocycles. The maximum Gasteiger partial charge on any atom is 0.260 e. The van der Waals surface area contributed by atoms with Crippen LogP contribution in [0.3, 0.4) is 0 Å². The molecule has 0 aliphatic carbocycles. The molecule has 1 aromatic heterocycles. The van der Waals surface area contributed by atoms with Gasteiger partial charge >= 0.3 is 0 Å². The summed E-state index contributed by atoms with van der Waals surface area (Å²) in [6.07, 6.45) is 3.90. The van der Waals surface area contributed by atoms with E-state index in [0.29, 0.717) is 18.2 Å². The molecule has 1 rings (SSSR count). The van der Waals surface area contributed by atoms with Gasteiger partial charge in [0.05, 0.1) is 12.4 Å². The molecular weight excluding hydrogens is 230 g/mol. The summed E-state index contributed by atoms with van der Waals surface area (Å²) in [7, 11) is 0. The molecule has 1 aromatic rings. The fraction of sp³-hybridized carbons (Fsp3) is 0.692. The minimum Gasteiger partial charge on any atom is -0.478 e. The molecule has 0 fully saturated rings. The predicted molar refractivity (Wildman–Crippen MR) is 70.5 cm³/mol. The Hall–Kier alpha value is -1.52. The van der Waals surface area contributed by atoms with Crippen molar-refractivity contribution in [3.8, 4) is 5.75 Å². The molecule has 0 bridgehead atoms. The van der Waals surface area contributed by atoms with E-state index >= 15 is 0 Å². The topological polar surface area (TPSA) is 56.1 Å². The average molecular weight is 253 g/mol. The minimum absolute atomic E-state index is 0.0834. The second-order valence-corrected chi connectivity index (χ2v) is 4.77. The molecule has 0 aliphatic rings. The van der Waals surface area contributed by atoms with Gasteiger partial charge in [-0.3, -0.25) is 9.48 Å². The van der Waals surface area contributed by atoms with Crippen molar-refractivity contribution in [2.24, 2.45) is 5.92 Å². The first-order valence-electron chi connectivity index (χ1n) is 6.49. The van der Waals surface area contributed by atoms with Gasteiger partial charge in [0.2, 0.25) is 0 Å². The number of nitrogens with one attached hydrogen (secondary N) is 1. The zero-order valence-electron chi connectivity index (χ0n) is 11.6. The second-order valence-electron chi connectivity index (χ2n) is 4.77. The van der Waals surface area contributed by atoms with Gasteiger partial charge in [0, 0.05) is 13.1 Å². The summed E-state index contributed by atoms with van der Waals surface area (Å²) in [6.45, 7) is 9.49. The molecule has 1 heterocycles. The molecule has 1 N–H and O–H groups in total. The Morgan fingerprint density at radius 1 is 1.50 bits per heavy atom. The quantitative estimate of drug-likeness (QED) is 0.806. The van der Waals surface area contributed by atoms with Gasteiger partial charge in [-0.15, -0.1) is 0 Å². The molecule has 0 aliphatic heterocycles. The molecule has 0 saturated carbocycles. The van der Waals surface area contributed by atoms with Crippen molar-refractivity contribution < 1.29 is 9.53 Å². The molecule has 5 heteroatoms. The van der Waals surface area contributed by atoms with Gasteiger partial charge in [-0.1, -0.05) is 13.8 Å². The third kappa shape index (κ3) is 4.77. The molecule has 0 spiro atoms. The molecule has 0 saturated heterocycles. The zero-order chi connectivity index (χ0) is 13.5. The van der Waals surface area contributed by atoms with E-state index in [1.807, 2.05) is 6.92 Å². The summed E-state index contributed by atoms with van der Waals surface area (Å²) >= 11 is 0. The molecule has 1 amide bonds. The Morgan fingerprint density at radius 2 is 2.22 bits per heavy atom. The molecule has 0 radical (unpaired) electrons. The number of carbonyl (C=O) groups is 1. The van der Waals surface area contributed by atoms with E-state index in [4.69, 9.17) is 4.74 Å². The highest BCUT2D eigenvalue weighted by molar-refractivity contribution is 5.80. The lowest BCUT2D eigenvalue weighted by Gasteiger charge is -2.13. The van der Waals surface area contributed by atoms with Crippen molar-refractivity contribution in [2.75, 3.05) is 6.54 Å². The third-order valence-corrected chi connectivity index (χ3v) is 2.64. The number of nitrogens with zero attached hydrogens (tertiary/aromatic N) is 2. The SMILES string of the molecule is CCn1cc(OC(C)C(=O)NCCC(C)C)cn1. The van der Waals surface area contributed by atoms with Crippen LogP contribution in [0.15, 0.2) is 12.4 Å². The molecule has 5 nitrogen and oxygen atoms in total. The largest absolute Gasteiger partial charge is 0.478 e. The van der Waals surface area contributed by atoms with Gasteiger partial charge in [0.15, 0.2) is 11.9 Å². The van der Waals surface area contributed by atoms with Crippen LogP contribution >= 0.6 is 0 Å². The lowest BCUT2D eigenvalue weighted by Crippen LogP contribution is -2.37. The lowest BCUT2D eigenvalue weighted by atomic mass is 10.1. The number of aromatic nitrogens is 2. The van der Waals surface area contributed by atoms with Crippen molar-refractivity contribution in [3.63, 3.8) is 0 Å². The average Bonchev–Trinajstić information content (AvgIpc) is 2.76. The van der Waals surface area contributed by atoms with E-state index in [0.717, 1.165) is 13.0 Å². The fourth-order valence-corrected chi connectivity index (χ4v) is 1.46. The first-order chi connectivity index (χ1) is 8.52. The number of amides is 1. The fourth-order valence-electron chi connectivity index (χ4n) is 1.46. The van der Waals surface area contributed by atoms with Crippen molar-refractivity contribution in [2.45, 2.75) is 46.8 Å². The van der Waals surface area contributed by atoms with Gasteiger partial charge in [-0.25, -0.2) is 0 Å². The summed E-state index contributed by atoms with van der Waals surface area (Å²) in [6, 6.07) is 0. The molecule has 18 heavy (non-hydrogen) atoms. The molecule has 1 atom stereocenters. The van der Waals surface area contributed by atoms with Crippen molar-refractivity contribution in [3.05, 3.63) is 12.4 Å². The highest BCUT2D eigenvalue weighted by Crippen LogP contribution is 2.10. The summed E-state index contributed by atoms with van der Waals surface area (Å²) < 4.78 is 7.28. The van der Waals surface area contributed by atoms with E-state index in [1.54, 1.807) is 24.0 Å². The maximum absolute atomic E-state index is 11.7. The Balaban J connectivity index is 2.35. The molecule has 102 valence electrons. The van der Waals surface area contributed by atoms with Crippen LogP contribution in [0.5, 0.6) is 5.75 Å². The van der Waals surface area contributed by atoms with Crippen molar-refractivity contribution >= 4 is 5.91 Å². The Kier molecular flexibility index (Phi) is 5.68. The van der Waals surface area contributed by atoms with Crippen LogP contribution in [0.25, 0.3) is 0 Å². The summed E-state index contributed by atoms with van der Waals surface area (Å²) in [4.78, 5) is 11.7. The van der Waals surface area contributed by atoms with Gasteiger partial charge in [-0.05, 0) is 26.2 Å². The summed E-state index contributed by atoms with van der Waals surface area (Å²) in [5.74, 6) is 1.13. The van der Waals surface area contributed by atoms with Crippen LogP contribution in [0.4, 0.5) is 0 Å². The second kappa shape index (κ2) is 7.03. The van der Waals surface area contributed by atoms with Crippen LogP contribution < -0.4 is 10.1 Å². The van der Waals surface area contributed by atoms with E-state index in [9.17, 15) is 4.79 Å². The highest BCUT2D eigenvalue weighted by Gasteiger charge is 2.14. The van der Waals surface area contributed by atoms with E-state index in [-0.39, 0.29) is 5.91 Å². The molecular formula is C13H23N3O2. The normalized spacial score (nSPS) is 12.5. The van der Waals surface area contributed by atoms with Crippen LogP contribution in [0.2, 0.25) is 0 Å². The Labute approximate surface area is 109 Å². The zero-order valence-corrected chi connectivity index (χ0v) is 11.6. The number of hydrogen-bond donors (Lipinski definition) is 1. The summed E-state index contributed by atoms with van der Waals surface area (Å²) in [5.41, 5.74) is 0. The minimum atomic E-state index is -0.494. The van der Waals surface area contributed by atoms with Crippen LogP contribution in [-0.4, -0.2) is 28.3 Å². The standard InChI is InChI=1S/C13H23N3O2/c1-5-16-9-12(8-15-16)18-11(4)13(17)14-7-6-10(2)3/h8-11H,5-7H2,1-4H3,(H,14,17). The number of carbonyl (C=O) groups excluding carboxylic acids is 1. The monoisotopic (exact) mass is 253 g/mol. The first-order valence-corrected chi connectivity index (χ1v) is 6.49. The predicted octanol–water partition coefficient (Wildman–Crippen LogP) is 1.83. The van der Waals surface area contributed by atoms with Crippen LogP contribution in [0.1, 0.15) is 34.1 Å². The maximum atomic E-state index is 11.7. The Morgan fingerprint density at radius 3 is 2.78 bits per heavy atom. The van der Waals surface area contributed by atoms with Crippen LogP contribution in [-0.2, 0) is 11.3 Å². The van der Waals surface area contributed by atoms with Gasteiger partial charge in [0.1, 0.15) is 0 Å². The van der Waals surface area contributed by atoms with E-state index in [2.05, 4.69) is 24.3 Å². The third-order valence-electron chi connectivity index (χ3n) is 2.64. The van der Waals surface area contributed by atoms with E-state index in [1.165, 1.54) is 0 Å². The summed E-state index contributed by atoms with van der Waals surface area (Å²) in [5, 5.41) is 6.96. The highest BCUT2D eigenvalue weighted by atomic mass is 16.5. The van der Waals surface area contributed by atoms with Gasteiger partial charge in [-0.2, -0.15) is 5.10 Å². The van der Waals surface area contributed by atoms with Gasteiger partial charge < -0.3 is 10.1 Å². The van der Waals surface area contributed by atoms with Crippen molar-refractivity contribution in [1.29, 1.82) is 0 Å². The smallest absolute Gasteiger partial charge is 0.260 e. The number of hydrogen-bond acceptors (Lipinski definition) is 3. The van der Waals surface area contributed by atoms with E-state index < -0.39 is 6.10 Å². The van der Waals surface area contributed by atoms with Crippen LogP contribution in [0, 0.1) is 5.92 Å². The number of rotatable bonds is 7. The first kappa shape index (κ1) is 14.5. The Bertz CT molecular complexity index is 374. The van der Waals surface area contributed by atoms with Crippen molar-refractivity contribution in [1.82, 2.24) is 15.1 Å². The number of aryl methyl sites for hydroxylation is 1. The lowest BCUT2D eigenvalue weighted by molar-refractivity contribution is -0.127. The number of ether oxygens (including phenoxy) is 1. The van der Waals surface area contributed by atoms with Gasteiger partial charge in [0.25, 0.3) is 5.91 Å².